The fourth-order valence-corrected chi connectivity index (χ4v) is 1.41. The van der Waals surface area contributed by atoms with Crippen molar-refractivity contribution in [1.29, 1.82) is 0 Å². The van der Waals surface area contributed by atoms with E-state index in [0.717, 1.165) is 13.4 Å². The molecule has 116 valence electrons. The van der Waals surface area contributed by atoms with Crippen molar-refractivity contribution in [2.24, 2.45) is 0 Å². The standard InChI is InChI=1S/C15H16N2O5/c1-10(16-14(19)11-7-5-4-6-8-11)13(18)17-12(9-21-2)15(20)22-3/h4-9H,1H2,2-3H3,(H,16,19)(H,17,18)/b12-9+. The molecule has 0 radical (unpaired) electrons. The molecule has 0 saturated heterocycles. The highest BCUT2D eigenvalue weighted by molar-refractivity contribution is 6.05. The first kappa shape index (κ1) is 17.0. The number of hydrogen-bond donors (Lipinski definition) is 2. The van der Waals surface area contributed by atoms with Gasteiger partial charge in [0.25, 0.3) is 11.8 Å². The van der Waals surface area contributed by atoms with E-state index in [0.29, 0.717) is 5.56 Å². The average Bonchev–Trinajstić information content (AvgIpc) is 2.54. The second kappa shape index (κ2) is 8.25. The Kier molecular flexibility index (Phi) is 6.36. The lowest BCUT2D eigenvalue weighted by atomic mass is 10.2. The number of hydrogen-bond acceptors (Lipinski definition) is 5. The number of carbonyl (C=O) groups is 3. The fourth-order valence-electron chi connectivity index (χ4n) is 1.41. The third-order valence-corrected chi connectivity index (χ3v) is 2.46. The Morgan fingerprint density at radius 2 is 1.73 bits per heavy atom. The topological polar surface area (TPSA) is 93.7 Å². The van der Waals surface area contributed by atoms with Gasteiger partial charge < -0.3 is 20.1 Å². The van der Waals surface area contributed by atoms with Gasteiger partial charge in [0.2, 0.25) is 0 Å². The van der Waals surface area contributed by atoms with Crippen molar-refractivity contribution in [3.63, 3.8) is 0 Å². The molecule has 1 aromatic rings. The molecule has 0 heterocycles. The van der Waals surface area contributed by atoms with Crippen molar-refractivity contribution in [2.75, 3.05) is 14.2 Å². The van der Waals surface area contributed by atoms with Gasteiger partial charge in [-0.05, 0) is 12.1 Å². The van der Waals surface area contributed by atoms with Gasteiger partial charge in [0.05, 0.1) is 19.9 Å². The summed E-state index contributed by atoms with van der Waals surface area (Å²) in [5, 5.41) is 4.57. The second-order valence-electron chi connectivity index (χ2n) is 4.01. The molecule has 1 aromatic carbocycles. The molecule has 0 aliphatic heterocycles. The SMILES string of the molecule is C=C(NC(=O)c1ccccc1)C(=O)N/C(=C/OC)C(=O)OC. The number of amides is 2. The third kappa shape index (κ3) is 4.78. The molecule has 1 rings (SSSR count). The van der Waals surface area contributed by atoms with Crippen molar-refractivity contribution in [1.82, 2.24) is 10.6 Å². The van der Waals surface area contributed by atoms with Gasteiger partial charge in [-0.25, -0.2) is 4.79 Å². The minimum atomic E-state index is -0.794. The Bertz CT molecular complexity index is 608. The summed E-state index contributed by atoms with van der Waals surface area (Å²) in [4.78, 5) is 35.2. The van der Waals surface area contributed by atoms with Crippen molar-refractivity contribution in [2.45, 2.75) is 0 Å². The predicted octanol–water partition coefficient (Wildman–Crippen LogP) is 0.707. The van der Waals surface area contributed by atoms with Crippen LogP contribution in [-0.2, 0) is 19.1 Å². The van der Waals surface area contributed by atoms with Crippen molar-refractivity contribution < 1.29 is 23.9 Å². The molecule has 2 N–H and O–H groups in total. The summed E-state index contributed by atoms with van der Waals surface area (Å²) in [6, 6.07) is 8.32. The van der Waals surface area contributed by atoms with Crippen LogP contribution < -0.4 is 10.6 Å². The van der Waals surface area contributed by atoms with Crippen LogP contribution in [0.1, 0.15) is 10.4 Å². The first-order chi connectivity index (χ1) is 10.5. The van der Waals surface area contributed by atoms with Gasteiger partial charge in [-0.2, -0.15) is 0 Å². The van der Waals surface area contributed by atoms with Gasteiger partial charge in [-0.3, -0.25) is 9.59 Å². The van der Waals surface area contributed by atoms with Gasteiger partial charge in [0.1, 0.15) is 6.26 Å². The second-order valence-corrected chi connectivity index (χ2v) is 4.01. The van der Waals surface area contributed by atoms with Crippen LogP contribution in [0, 0.1) is 0 Å². The zero-order chi connectivity index (χ0) is 16.5. The van der Waals surface area contributed by atoms with Crippen LogP contribution in [0.2, 0.25) is 0 Å². The Morgan fingerprint density at radius 3 is 2.27 bits per heavy atom. The normalized spacial score (nSPS) is 10.4. The average molecular weight is 304 g/mol. The van der Waals surface area contributed by atoms with Gasteiger partial charge >= 0.3 is 5.97 Å². The summed E-state index contributed by atoms with van der Waals surface area (Å²) in [6.45, 7) is 3.45. The van der Waals surface area contributed by atoms with Crippen molar-refractivity contribution in [3.8, 4) is 0 Å². The van der Waals surface area contributed by atoms with Crippen LogP contribution in [0.5, 0.6) is 0 Å². The van der Waals surface area contributed by atoms with Crippen LogP contribution in [0.25, 0.3) is 0 Å². The highest BCUT2D eigenvalue weighted by Crippen LogP contribution is 2.01. The maximum atomic E-state index is 11.9. The van der Waals surface area contributed by atoms with E-state index in [1.54, 1.807) is 30.3 Å². The van der Waals surface area contributed by atoms with E-state index in [4.69, 9.17) is 0 Å². The molecule has 0 spiro atoms. The number of carbonyl (C=O) groups excluding carboxylic acids is 3. The summed E-state index contributed by atoms with van der Waals surface area (Å²) in [6.07, 6.45) is 1.01. The van der Waals surface area contributed by atoms with E-state index in [1.165, 1.54) is 7.11 Å². The smallest absolute Gasteiger partial charge is 0.357 e. The third-order valence-electron chi connectivity index (χ3n) is 2.46. The summed E-state index contributed by atoms with van der Waals surface area (Å²) >= 11 is 0. The maximum Gasteiger partial charge on any atom is 0.357 e. The number of ether oxygens (including phenoxy) is 2. The van der Waals surface area contributed by atoms with E-state index in [1.807, 2.05) is 0 Å². The Balaban J connectivity index is 2.69. The zero-order valence-electron chi connectivity index (χ0n) is 12.2. The highest BCUT2D eigenvalue weighted by atomic mass is 16.5. The number of rotatable bonds is 6. The van der Waals surface area contributed by atoms with Crippen LogP contribution in [-0.4, -0.2) is 32.0 Å². The van der Waals surface area contributed by atoms with Crippen LogP contribution in [0.4, 0.5) is 0 Å². The number of nitrogens with one attached hydrogen (secondary N) is 2. The molecular formula is C15H16N2O5. The summed E-state index contributed by atoms with van der Waals surface area (Å²) in [5.41, 5.74) is -0.0676. The molecule has 0 bridgehead atoms. The molecule has 0 saturated carbocycles. The first-order valence-electron chi connectivity index (χ1n) is 6.17. The molecular weight excluding hydrogens is 288 g/mol. The van der Waals surface area contributed by atoms with Crippen LogP contribution >= 0.6 is 0 Å². The Morgan fingerprint density at radius 1 is 1.09 bits per heavy atom. The van der Waals surface area contributed by atoms with Gasteiger partial charge in [-0.1, -0.05) is 24.8 Å². The molecule has 2 amide bonds. The van der Waals surface area contributed by atoms with Crippen LogP contribution in [0.15, 0.2) is 54.6 Å². The minimum absolute atomic E-state index is 0.217. The summed E-state index contributed by atoms with van der Waals surface area (Å²) in [7, 11) is 2.46. The van der Waals surface area contributed by atoms with E-state index >= 15 is 0 Å². The largest absolute Gasteiger partial charge is 0.502 e. The Labute approximate surface area is 127 Å². The lowest BCUT2D eigenvalue weighted by Gasteiger charge is -2.10. The van der Waals surface area contributed by atoms with E-state index in [9.17, 15) is 14.4 Å². The molecule has 0 atom stereocenters. The van der Waals surface area contributed by atoms with E-state index in [2.05, 4.69) is 26.7 Å². The zero-order valence-corrected chi connectivity index (χ0v) is 12.2. The molecule has 7 heteroatoms. The summed E-state index contributed by atoms with van der Waals surface area (Å²) in [5.74, 6) is -2.05. The van der Waals surface area contributed by atoms with Crippen LogP contribution in [0.3, 0.4) is 0 Å². The first-order valence-corrected chi connectivity index (χ1v) is 6.17. The number of benzene rings is 1. The van der Waals surface area contributed by atoms with Gasteiger partial charge in [-0.15, -0.1) is 0 Å². The number of methoxy groups -OCH3 is 2. The monoisotopic (exact) mass is 304 g/mol. The number of esters is 1. The predicted molar refractivity (Wildman–Crippen MR) is 78.3 cm³/mol. The van der Waals surface area contributed by atoms with E-state index < -0.39 is 17.8 Å². The molecule has 0 aromatic heterocycles. The van der Waals surface area contributed by atoms with Crippen molar-refractivity contribution >= 4 is 17.8 Å². The Hall–Kier alpha value is -3.09. The quantitative estimate of drug-likeness (QED) is 0.458. The maximum absolute atomic E-state index is 11.9. The summed E-state index contributed by atoms with van der Waals surface area (Å²) < 4.78 is 9.14. The molecule has 22 heavy (non-hydrogen) atoms. The van der Waals surface area contributed by atoms with Crippen molar-refractivity contribution in [3.05, 3.63) is 60.1 Å². The molecule has 0 unspecified atom stereocenters. The molecule has 7 nitrogen and oxygen atoms in total. The minimum Gasteiger partial charge on any atom is -0.502 e. The lowest BCUT2D eigenvalue weighted by Crippen LogP contribution is -2.36. The molecule has 0 aliphatic carbocycles. The lowest BCUT2D eigenvalue weighted by molar-refractivity contribution is -0.137. The van der Waals surface area contributed by atoms with Gasteiger partial charge in [0, 0.05) is 5.56 Å². The molecule has 0 aliphatic rings. The molecule has 0 fully saturated rings. The fraction of sp³-hybridized carbons (Fsp3) is 0.133. The van der Waals surface area contributed by atoms with E-state index in [-0.39, 0.29) is 11.4 Å². The highest BCUT2D eigenvalue weighted by Gasteiger charge is 2.17. The van der Waals surface area contributed by atoms with Gasteiger partial charge in [0.15, 0.2) is 5.70 Å².